The van der Waals surface area contributed by atoms with E-state index in [1.165, 1.54) is 5.56 Å². The fourth-order valence-corrected chi connectivity index (χ4v) is 2.84. The molecule has 2 aromatic rings. The monoisotopic (exact) mass is 333 g/mol. The van der Waals surface area contributed by atoms with Crippen molar-refractivity contribution in [3.63, 3.8) is 0 Å². The number of methoxy groups -OCH3 is 1. The molecule has 0 saturated heterocycles. The highest BCUT2D eigenvalue weighted by Gasteiger charge is 2.13. The van der Waals surface area contributed by atoms with Gasteiger partial charge < -0.3 is 15.2 Å². The summed E-state index contributed by atoms with van der Waals surface area (Å²) in [6.07, 6.45) is 1.00. The summed E-state index contributed by atoms with van der Waals surface area (Å²) in [6, 6.07) is 14.0. The summed E-state index contributed by atoms with van der Waals surface area (Å²) in [5.74, 6) is 1.77. The predicted molar refractivity (Wildman–Crippen MR) is 95.7 cm³/mol. The van der Waals surface area contributed by atoms with E-state index in [4.69, 9.17) is 26.8 Å². The number of hydrogen-bond donors (Lipinski definition) is 1. The minimum absolute atomic E-state index is 0.163. The zero-order valence-electron chi connectivity index (χ0n) is 13.9. The number of ether oxygens (including phenoxy) is 2. The minimum atomic E-state index is 0.163. The van der Waals surface area contributed by atoms with Gasteiger partial charge in [0, 0.05) is 5.92 Å². The highest BCUT2D eigenvalue weighted by Crippen LogP contribution is 2.30. The maximum Gasteiger partial charge on any atom is 0.137 e. The van der Waals surface area contributed by atoms with Crippen molar-refractivity contribution < 1.29 is 9.47 Å². The van der Waals surface area contributed by atoms with Crippen LogP contribution in [0.5, 0.6) is 11.5 Å². The van der Waals surface area contributed by atoms with Gasteiger partial charge >= 0.3 is 0 Å². The number of benzene rings is 2. The largest absolute Gasteiger partial charge is 0.495 e. The summed E-state index contributed by atoms with van der Waals surface area (Å²) >= 11 is 6.23. The van der Waals surface area contributed by atoms with Crippen molar-refractivity contribution in [1.29, 1.82) is 0 Å². The van der Waals surface area contributed by atoms with Crippen molar-refractivity contribution >= 4 is 11.6 Å². The van der Waals surface area contributed by atoms with Crippen LogP contribution < -0.4 is 15.2 Å². The van der Waals surface area contributed by atoms with E-state index in [0.29, 0.717) is 17.3 Å². The van der Waals surface area contributed by atoms with Crippen LogP contribution >= 0.6 is 11.6 Å². The third-order valence-corrected chi connectivity index (χ3v) is 3.98. The van der Waals surface area contributed by atoms with Gasteiger partial charge in [-0.05, 0) is 62.2 Å². The quantitative estimate of drug-likeness (QED) is 0.815. The molecule has 2 N–H and O–H groups in total. The SMILES string of the molecule is COc1ccc(C(CN)Cc2cccc(OC(C)C)c2)cc1Cl. The summed E-state index contributed by atoms with van der Waals surface area (Å²) < 4.78 is 11.0. The molecule has 124 valence electrons. The molecular formula is C19H24ClNO2. The lowest BCUT2D eigenvalue weighted by atomic mass is 9.92. The van der Waals surface area contributed by atoms with Crippen LogP contribution in [0.3, 0.4) is 0 Å². The molecule has 0 aromatic heterocycles. The highest BCUT2D eigenvalue weighted by molar-refractivity contribution is 6.32. The van der Waals surface area contributed by atoms with Crippen LogP contribution in [-0.2, 0) is 6.42 Å². The second kappa shape index (κ2) is 8.23. The molecule has 2 rings (SSSR count). The molecule has 0 saturated carbocycles. The molecule has 3 nitrogen and oxygen atoms in total. The molecule has 0 radical (unpaired) electrons. The lowest BCUT2D eigenvalue weighted by Crippen LogP contribution is -2.15. The summed E-state index contributed by atoms with van der Waals surface area (Å²) in [6.45, 7) is 4.60. The van der Waals surface area contributed by atoms with Crippen molar-refractivity contribution in [3.8, 4) is 11.5 Å². The lowest BCUT2D eigenvalue weighted by Gasteiger charge is -2.17. The number of rotatable bonds is 7. The lowest BCUT2D eigenvalue weighted by molar-refractivity contribution is 0.242. The summed E-state index contributed by atoms with van der Waals surface area (Å²) in [5.41, 5.74) is 8.31. The summed E-state index contributed by atoms with van der Waals surface area (Å²) in [7, 11) is 1.61. The second-order valence-corrected chi connectivity index (χ2v) is 6.25. The molecule has 0 fully saturated rings. The molecule has 1 atom stereocenters. The molecule has 0 bridgehead atoms. The van der Waals surface area contributed by atoms with Crippen molar-refractivity contribution in [2.75, 3.05) is 13.7 Å². The average molecular weight is 334 g/mol. The average Bonchev–Trinajstić information content (AvgIpc) is 2.52. The van der Waals surface area contributed by atoms with Gasteiger partial charge in [0.05, 0.1) is 18.2 Å². The highest BCUT2D eigenvalue weighted by atomic mass is 35.5. The van der Waals surface area contributed by atoms with E-state index < -0.39 is 0 Å². The van der Waals surface area contributed by atoms with Gasteiger partial charge in [0.15, 0.2) is 0 Å². The van der Waals surface area contributed by atoms with Gasteiger partial charge in [-0.25, -0.2) is 0 Å². The Labute approximate surface area is 143 Å². The van der Waals surface area contributed by atoms with E-state index >= 15 is 0 Å². The second-order valence-electron chi connectivity index (χ2n) is 5.84. The Morgan fingerprint density at radius 1 is 1.13 bits per heavy atom. The summed E-state index contributed by atoms with van der Waals surface area (Å²) in [5, 5.41) is 0.611. The third-order valence-electron chi connectivity index (χ3n) is 3.68. The number of nitrogens with two attached hydrogens (primary N) is 1. The molecule has 0 aliphatic heterocycles. The first-order valence-electron chi connectivity index (χ1n) is 7.82. The zero-order valence-corrected chi connectivity index (χ0v) is 14.6. The first-order chi connectivity index (χ1) is 11.0. The van der Waals surface area contributed by atoms with Gasteiger partial charge in [0.2, 0.25) is 0 Å². The fraction of sp³-hybridized carbons (Fsp3) is 0.368. The van der Waals surface area contributed by atoms with E-state index in [9.17, 15) is 0 Å². The van der Waals surface area contributed by atoms with Crippen molar-refractivity contribution in [1.82, 2.24) is 0 Å². The van der Waals surface area contributed by atoms with Crippen LogP contribution in [0.15, 0.2) is 42.5 Å². The number of halogens is 1. The normalized spacial score (nSPS) is 12.3. The molecular weight excluding hydrogens is 310 g/mol. The topological polar surface area (TPSA) is 44.5 Å². The minimum Gasteiger partial charge on any atom is -0.495 e. The fourth-order valence-electron chi connectivity index (χ4n) is 2.58. The summed E-state index contributed by atoms with van der Waals surface area (Å²) in [4.78, 5) is 0. The first-order valence-corrected chi connectivity index (χ1v) is 8.20. The molecule has 0 aliphatic rings. The van der Waals surface area contributed by atoms with Gasteiger partial charge in [0.25, 0.3) is 0 Å². The molecule has 4 heteroatoms. The Hall–Kier alpha value is -1.71. The van der Waals surface area contributed by atoms with Gasteiger partial charge in [0.1, 0.15) is 11.5 Å². The van der Waals surface area contributed by atoms with Crippen LogP contribution in [0, 0.1) is 0 Å². The molecule has 0 amide bonds. The van der Waals surface area contributed by atoms with Crippen molar-refractivity contribution in [2.45, 2.75) is 32.3 Å². The third kappa shape index (κ3) is 4.88. The van der Waals surface area contributed by atoms with E-state index in [1.54, 1.807) is 7.11 Å². The Balaban J connectivity index is 2.17. The maximum atomic E-state index is 6.23. The number of hydrogen-bond acceptors (Lipinski definition) is 3. The van der Waals surface area contributed by atoms with Gasteiger partial charge in [-0.2, -0.15) is 0 Å². The van der Waals surface area contributed by atoms with E-state index in [0.717, 1.165) is 17.7 Å². The van der Waals surface area contributed by atoms with E-state index in [-0.39, 0.29) is 12.0 Å². The van der Waals surface area contributed by atoms with Crippen molar-refractivity contribution in [2.24, 2.45) is 5.73 Å². The predicted octanol–water partition coefficient (Wildman–Crippen LogP) is 4.42. The van der Waals surface area contributed by atoms with E-state index in [2.05, 4.69) is 12.1 Å². The van der Waals surface area contributed by atoms with Crippen LogP contribution in [0.25, 0.3) is 0 Å². The maximum absolute atomic E-state index is 6.23. The van der Waals surface area contributed by atoms with E-state index in [1.807, 2.05) is 44.2 Å². The van der Waals surface area contributed by atoms with Gasteiger partial charge in [-0.3, -0.25) is 0 Å². The molecule has 1 unspecified atom stereocenters. The molecule has 23 heavy (non-hydrogen) atoms. The Bertz CT molecular complexity index is 643. The zero-order chi connectivity index (χ0) is 16.8. The molecule has 0 aliphatic carbocycles. The Morgan fingerprint density at radius 2 is 1.91 bits per heavy atom. The Kier molecular flexibility index (Phi) is 6.31. The van der Waals surface area contributed by atoms with Crippen LogP contribution in [0.1, 0.15) is 30.9 Å². The standard InChI is InChI=1S/C19H24ClNO2/c1-13(2)23-17-6-4-5-14(10-17)9-16(12-21)15-7-8-19(22-3)18(20)11-15/h4-8,10-11,13,16H,9,12,21H2,1-3H3. The van der Waals surface area contributed by atoms with Crippen LogP contribution in [0.4, 0.5) is 0 Å². The van der Waals surface area contributed by atoms with Crippen LogP contribution in [-0.4, -0.2) is 19.8 Å². The first kappa shape index (κ1) is 17.6. The smallest absolute Gasteiger partial charge is 0.137 e. The molecule has 0 spiro atoms. The van der Waals surface area contributed by atoms with Crippen LogP contribution in [0.2, 0.25) is 5.02 Å². The molecule has 2 aromatic carbocycles. The van der Waals surface area contributed by atoms with Gasteiger partial charge in [-0.15, -0.1) is 0 Å². The van der Waals surface area contributed by atoms with Gasteiger partial charge in [-0.1, -0.05) is 29.8 Å². The van der Waals surface area contributed by atoms with Crippen molar-refractivity contribution in [3.05, 3.63) is 58.6 Å². The molecule has 0 heterocycles. The Morgan fingerprint density at radius 3 is 2.52 bits per heavy atom.